The number of nitrogens with one attached hydrogen (secondary N) is 1. The molecule has 0 spiro atoms. The van der Waals surface area contributed by atoms with Gasteiger partial charge in [-0.3, -0.25) is 14.9 Å². The predicted octanol–water partition coefficient (Wildman–Crippen LogP) is 3.17. The lowest BCUT2D eigenvalue weighted by molar-refractivity contribution is 0.148. The van der Waals surface area contributed by atoms with E-state index in [1.165, 1.54) is 0 Å². The zero-order valence-corrected chi connectivity index (χ0v) is 15.1. The monoisotopic (exact) mass is 361 g/mol. The van der Waals surface area contributed by atoms with E-state index in [9.17, 15) is 4.79 Å². The largest absolute Gasteiger partial charge is 0.450 e. The number of amides is 1. The second-order valence-corrected chi connectivity index (χ2v) is 6.07. The summed E-state index contributed by atoms with van der Waals surface area (Å²) in [4.78, 5) is 16.9. The van der Waals surface area contributed by atoms with Gasteiger partial charge >= 0.3 is 6.09 Å². The molecule has 0 unspecified atom stereocenters. The van der Waals surface area contributed by atoms with Crippen LogP contribution in [0.1, 0.15) is 35.9 Å². The summed E-state index contributed by atoms with van der Waals surface area (Å²) in [5.74, 6) is 1.26. The highest BCUT2D eigenvalue weighted by molar-refractivity contribution is 6.15. The van der Waals surface area contributed by atoms with Crippen LogP contribution in [0.25, 0.3) is 5.69 Å². The Labute approximate surface area is 156 Å². The lowest BCUT2D eigenvalue weighted by atomic mass is 10.0. The first-order valence-electron chi connectivity index (χ1n) is 8.77. The molecule has 4 rings (SSSR count). The van der Waals surface area contributed by atoms with Crippen molar-refractivity contribution in [2.45, 2.75) is 20.0 Å². The summed E-state index contributed by atoms with van der Waals surface area (Å²) in [6.45, 7) is 3.91. The SMILES string of the molecule is CCOC(=O)N[C@H]1N=C(c2ccccc2)c2ccccc2-n2c(C)nnc21. The number of aromatic nitrogens is 3. The third kappa shape index (κ3) is 3.08. The smallest absolute Gasteiger partial charge is 0.409 e. The maximum Gasteiger partial charge on any atom is 0.409 e. The highest BCUT2D eigenvalue weighted by Gasteiger charge is 2.29. The number of fused-ring (bicyclic) bond motifs is 3. The summed E-state index contributed by atoms with van der Waals surface area (Å²) in [5, 5.41) is 11.3. The van der Waals surface area contributed by atoms with Crippen molar-refractivity contribution in [3.05, 3.63) is 77.4 Å². The number of hydrogen-bond donors (Lipinski definition) is 1. The molecule has 0 fully saturated rings. The van der Waals surface area contributed by atoms with Gasteiger partial charge in [0.2, 0.25) is 0 Å². The molecule has 136 valence electrons. The third-order valence-corrected chi connectivity index (χ3v) is 4.33. The van der Waals surface area contributed by atoms with Gasteiger partial charge in [-0.25, -0.2) is 4.79 Å². The van der Waals surface area contributed by atoms with E-state index < -0.39 is 12.3 Å². The molecule has 7 heteroatoms. The summed E-state index contributed by atoms with van der Waals surface area (Å²) < 4.78 is 6.97. The van der Waals surface area contributed by atoms with Crippen molar-refractivity contribution in [2.75, 3.05) is 6.61 Å². The first kappa shape index (κ1) is 17.0. The van der Waals surface area contributed by atoms with Crippen LogP contribution >= 0.6 is 0 Å². The summed E-state index contributed by atoms with van der Waals surface area (Å²) in [6, 6.07) is 17.8. The van der Waals surface area contributed by atoms with Crippen molar-refractivity contribution in [3.8, 4) is 5.69 Å². The molecule has 0 bridgehead atoms. The number of alkyl carbamates (subject to hydrolysis) is 1. The topological polar surface area (TPSA) is 81.4 Å². The minimum Gasteiger partial charge on any atom is -0.450 e. The third-order valence-electron chi connectivity index (χ3n) is 4.33. The maximum atomic E-state index is 12.1. The van der Waals surface area contributed by atoms with Gasteiger partial charge in [0.25, 0.3) is 0 Å². The molecular weight excluding hydrogens is 342 g/mol. The fourth-order valence-corrected chi connectivity index (χ4v) is 3.19. The molecular formula is C20H19N5O2. The van der Waals surface area contributed by atoms with Crippen molar-refractivity contribution in [1.82, 2.24) is 20.1 Å². The molecule has 27 heavy (non-hydrogen) atoms. The Hall–Kier alpha value is -3.48. The lowest BCUT2D eigenvalue weighted by Crippen LogP contribution is -2.30. The van der Waals surface area contributed by atoms with Gasteiger partial charge in [-0.1, -0.05) is 48.5 Å². The summed E-state index contributed by atoms with van der Waals surface area (Å²) in [7, 11) is 0. The normalized spacial score (nSPS) is 15.2. The number of aryl methyl sites for hydroxylation is 1. The van der Waals surface area contributed by atoms with Crippen molar-refractivity contribution in [2.24, 2.45) is 4.99 Å². The fraction of sp³-hybridized carbons (Fsp3) is 0.200. The van der Waals surface area contributed by atoms with Gasteiger partial charge in [-0.2, -0.15) is 0 Å². The van der Waals surface area contributed by atoms with Gasteiger partial charge in [0.1, 0.15) is 5.82 Å². The summed E-state index contributed by atoms with van der Waals surface area (Å²) in [5.41, 5.74) is 3.60. The molecule has 3 aromatic rings. The number of aliphatic imine (C=N–C) groups is 1. The number of carbonyl (C=O) groups excluding carboxylic acids is 1. The maximum absolute atomic E-state index is 12.1. The first-order chi connectivity index (χ1) is 13.2. The Bertz CT molecular complexity index is 1010. The van der Waals surface area contributed by atoms with Crippen LogP contribution < -0.4 is 5.32 Å². The Morgan fingerprint density at radius 2 is 1.85 bits per heavy atom. The van der Waals surface area contributed by atoms with Crippen molar-refractivity contribution >= 4 is 11.8 Å². The summed E-state index contributed by atoms with van der Waals surface area (Å²) in [6.07, 6.45) is -1.26. The second kappa shape index (κ2) is 7.03. The Morgan fingerprint density at radius 3 is 2.63 bits per heavy atom. The molecule has 0 saturated carbocycles. The standard InChI is InChI=1S/C20H19N5O2/c1-3-27-20(26)22-18-19-24-23-13(2)25(19)16-12-8-7-11-15(16)17(21-18)14-9-5-4-6-10-14/h4-12,18H,3H2,1-2H3,(H,22,26)/t18-/m1/s1. The Morgan fingerprint density at radius 1 is 1.11 bits per heavy atom. The molecule has 0 saturated heterocycles. The highest BCUT2D eigenvalue weighted by atomic mass is 16.5. The van der Waals surface area contributed by atoms with E-state index in [1.807, 2.05) is 66.1 Å². The lowest BCUT2D eigenvalue weighted by Gasteiger charge is -2.14. The zero-order valence-electron chi connectivity index (χ0n) is 15.1. The van der Waals surface area contributed by atoms with Crippen LogP contribution in [0.4, 0.5) is 4.79 Å². The van der Waals surface area contributed by atoms with Crippen molar-refractivity contribution in [1.29, 1.82) is 0 Å². The Balaban J connectivity index is 1.93. The zero-order chi connectivity index (χ0) is 18.8. The number of benzene rings is 2. The Kier molecular flexibility index (Phi) is 4.42. The van der Waals surface area contributed by atoms with Gasteiger partial charge in [0.15, 0.2) is 12.0 Å². The minimum absolute atomic E-state index is 0.278. The van der Waals surface area contributed by atoms with E-state index in [4.69, 9.17) is 9.73 Å². The van der Waals surface area contributed by atoms with Gasteiger partial charge in [0, 0.05) is 11.1 Å². The van der Waals surface area contributed by atoms with E-state index in [1.54, 1.807) is 6.92 Å². The van der Waals surface area contributed by atoms with Crippen LogP contribution in [0.5, 0.6) is 0 Å². The van der Waals surface area contributed by atoms with Crippen LogP contribution in [0.2, 0.25) is 0 Å². The molecule has 1 aromatic heterocycles. The van der Waals surface area contributed by atoms with Crippen LogP contribution in [0.3, 0.4) is 0 Å². The quantitative estimate of drug-likeness (QED) is 0.777. The van der Waals surface area contributed by atoms with Crippen LogP contribution in [-0.4, -0.2) is 33.2 Å². The van der Waals surface area contributed by atoms with Crippen molar-refractivity contribution < 1.29 is 9.53 Å². The number of rotatable bonds is 3. The number of carbonyl (C=O) groups is 1. The molecule has 0 radical (unpaired) electrons. The molecule has 7 nitrogen and oxygen atoms in total. The molecule has 1 amide bonds. The molecule has 1 aliphatic rings. The molecule has 2 aromatic carbocycles. The average Bonchev–Trinajstić information content (AvgIpc) is 3.01. The van der Waals surface area contributed by atoms with Gasteiger partial charge in [-0.05, 0) is 19.9 Å². The first-order valence-corrected chi connectivity index (χ1v) is 8.77. The number of ether oxygens (including phenoxy) is 1. The molecule has 1 atom stereocenters. The van der Waals surface area contributed by atoms with Crippen LogP contribution in [-0.2, 0) is 4.74 Å². The van der Waals surface area contributed by atoms with Gasteiger partial charge in [0.05, 0.1) is 18.0 Å². The van der Waals surface area contributed by atoms with E-state index in [2.05, 4.69) is 15.5 Å². The van der Waals surface area contributed by atoms with Gasteiger partial charge in [-0.15, -0.1) is 10.2 Å². The summed E-state index contributed by atoms with van der Waals surface area (Å²) >= 11 is 0. The number of para-hydroxylation sites is 1. The minimum atomic E-state index is -0.715. The average molecular weight is 361 g/mol. The molecule has 1 aliphatic heterocycles. The number of hydrogen-bond acceptors (Lipinski definition) is 5. The van der Waals surface area contributed by atoms with Gasteiger partial charge < -0.3 is 4.74 Å². The molecule has 2 heterocycles. The van der Waals surface area contributed by atoms with E-state index >= 15 is 0 Å². The fourth-order valence-electron chi connectivity index (χ4n) is 3.19. The second-order valence-electron chi connectivity index (χ2n) is 6.07. The molecule has 0 aliphatic carbocycles. The van der Waals surface area contributed by atoms with Crippen LogP contribution in [0.15, 0.2) is 59.6 Å². The van der Waals surface area contributed by atoms with Crippen LogP contribution in [0, 0.1) is 6.92 Å². The number of nitrogens with zero attached hydrogens (tertiary/aromatic N) is 4. The van der Waals surface area contributed by atoms with E-state index in [0.29, 0.717) is 5.82 Å². The predicted molar refractivity (Wildman–Crippen MR) is 101 cm³/mol. The van der Waals surface area contributed by atoms with E-state index in [-0.39, 0.29) is 6.61 Å². The molecule has 1 N–H and O–H groups in total. The van der Waals surface area contributed by atoms with Crippen molar-refractivity contribution in [3.63, 3.8) is 0 Å². The van der Waals surface area contributed by atoms with E-state index in [0.717, 1.165) is 28.4 Å². The highest BCUT2D eigenvalue weighted by Crippen LogP contribution is 2.29.